The zero-order valence-electron chi connectivity index (χ0n) is 19.8. The highest BCUT2D eigenvalue weighted by Crippen LogP contribution is 2.39. The average molecular weight is 517 g/mol. The van der Waals surface area contributed by atoms with Crippen molar-refractivity contribution >= 4 is 33.0 Å². The number of hydrogen-bond acceptors (Lipinski definition) is 7. The minimum absolute atomic E-state index is 0.0618. The Morgan fingerprint density at radius 2 is 1.91 bits per heavy atom. The number of anilines is 1. The fraction of sp³-hybridized carbons (Fsp3) is 0.360. The summed E-state index contributed by atoms with van der Waals surface area (Å²) >= 11 is 1.01. The number of ether oxygens (including phenoxy) is 1. The maximum Gasteiger partial charge on any atom is 0.335 e. The minimum Gasteiger partial charge on any atom is -0.487 e. The second-order valence-corrected chi connectivity index (χ2v) is 12.2. The van der Waals surface area contributed by atoms with Gasteiger partial charge in [0, 0.05) is 11.6 Å². The van der Waals surface area contributed by atoms with Crippen LogP contribution >= 0.6 is 11.3 Å². The number of aromatic carboxylic acids is 1. The number of sulfonamides is 1. The van der Waals surface area contributed by atoms with Crippen molar-refractivity contribution in [3.63, 3.8) is 0 Å². The SMILES string of the molecule is Cc1cc(C(=O)O)ccc1COc1cc2c(cc1N(CC(C)(C)O)S(=O)(=O)c1nccs1)CCC2. The summed E-state index contributed by atoms with van der Waals surface area (Å²) in [5, 5.41) is 21.4. The van der Waals surface area contributed by atoms with Gasteiger partial charge in [0.1, 0.15) is 12.4 Å². The number of hydrogen-bond donors (Lipinski definition) is 2. The molecule has 1 aliphatic rings. The molecule has 0 amide bonds. The van der Waals surface area contributed by atoms with Gasteiger partial charge in [-0.2, -0.15) is 8.42 Å². The molecule has 3 aromatic rings. The first-order valence-electron chi connectivity index (χ1n) is 11.2. The van der Waals surface area contributed by atoms with Crippen LogP contribution in [0.25, 0.3) is 0 Å². The van der Waals surface area contributed by atoms with Crippen LogP contribution in [0.15, 0.2) is 46.2 Å². The highest BCUT2D eigenvalue weighted by molar-refractivity contribution is 7.94. The third-order valence-electron chi connectivity index (χ3n) is 5.87. The van der Waals surface area contributed by atoms with Gasteiger partial charge in [-0.1, -0.05) is 6.07 Å². The molecule has 0 atom stereocenters. The number of thiazole rings is 1. The number of rotatable bonds is 9. The van der Waals surface area contributed by atoms with E-state index >= 15 is 0 Å². The van der Waals surface area contributed by atoms with Crippen molar-refractivity contribution in [2.75, 3.05) is 10.8 Å². The summed E-state index contributed by atoms with van der Waals surface area (Å²) in [6, 6.07) is 8.53. The van der Waals surface area contributed by atoms with Gasteiger partial charge in [-0.15, -0.1) is 11.3 Å². The maximum atomic E-state index is 13.6. The van der Waals surface area contributed by atoms with Crippen molar-refractivity contribution in [3.05, 3.63) is 69.7 Å². The molecule has 1 aromatic heterocycles. The molecule has 1 heterocycles. The first-order valence-corrected chi connectivity index (χ1v) is 13.5. The highest BCUT2D eigenvalue weighted by atomic mass is 32.2. The lowest BCUT2D eigenvalue weighted by Crippen LogP contribution is -2.42. The van der Waals surface area contributed by atoms with E-state index in [1.807, 2.05) is 19.1 Å². The Labute approximate surface area is 208 Å². The molecule has 0 radical (unpaired) electrons. The Bertz CT molecular complexity index is 1350. The molecule has 0 saturated carbocycles. The average Bonchev–Trinajstić information content (AvgIpc) is 3.47. The third kappa shape index (κ3) is 5.50. The van der Waals surface area contributed by atoms with Crippen LogP contribution in [0.1, 0.15) is 52.9 Å². The molecular formula is C25H28N2O6S2. The second-order valence-electron chi connectivity index (χ2n) is 9.30. The first-order chi connectivity index (χ1) is 16.5. The normalized spacial score (nSPS) is 13.5. The first kappa shape index (κ1) is 25.2. The monoisotopic (exact) mass is 516 g/mol. The van der Waals surface area contributed by atoms with Gasteiger partial charge in [-0.3, -0.25) is 4.31 Å². The van der Waals surface area contributed by atoms with E-state index in [-0.39, 0.29) is 23.1 Å². The van der Waals surface area contributed by atoms with Gasteiger partial charge >= 0.3 is 5.97 Å². The van der Waals surface area contributed by atoms with Crippen LogP contribution in [0.5, 0.6) is 5.75 Å². The van der Waals surface area contributed by atoms with Gasteiger partial charge < -0.3 is 14.9 Å². The Hall–Kier alpha value is -2.95. The van der Waals surface area contributed by atoms with E-state index in [1.54, 1.807) is 31.4 Å². The predicted molar refractivity (Wildman–Crippen MR) is 134 cm³/mol. The summed E-state index contributed by atoms with van der Waals surface area (Å²) in [7, 11) is -4.05. The molecule has 2 aromatic carbocycles. The number of nitrogens with zero attached hydrogens (tertiary/aromatic N) is 2. The quantitative estimate of drug-likeness (QED) is 0.438. The Balaban J connectivity index is 1.76. The number of aliphatic hydroxyl groups is 1. The Morgan fingerprint density at radius 3 is 2.51 bits per heavy atom. The van der Waals surface area contributed by atoms with Gasteiger partial charge in [0.2, 0.25) is 4.34 Å². The van der Waals surface area contributed by atoms with Crippen molar-refractivity contribution in [2.24, 2.45) is 0 Å². The smallest absolute Gasteiger partial charge is 0.335 e. The lowest BCUT2D eigenvalue weighted by Gasteiger charge is -2.31. The largest absolute Gasteiger partial charge is 0.487 e. The summed E-state index contributed by atoms with van der Waals surface area (Å²) in [5.74, 6) is -0.618. The molecule has 0 spiro atoms. The number of carbonyl (C=O) groups is 1. The molecule has 0 bridgehead atoms. The lowest BCUT2D eigenvalue weighted by atomic mass is 10.1. The minimum atomic E-state index is -4.05. The molecule has 4 rings (SSSR count). The predicted octanol–water partition coefficient (Wildman–Crippen LogP) is 4.18. The van der Waals surface area contributed by atoms with Crippen LogP contribution in [0.3, 0.4) is 0 Å². The summed E-state index contributed by atoms with van der Waals surface area (Å²) in [4.78, 5) is 15.3. The fourth-order valence-corrected chi connectivity index (χ4v) is 6.68. The molecule has 35 heavy (non-hydrogen) atoms. The second kappa shape index (κ2) is 9.60. The van der Waals surface area contributed by atoms with E-state index in [4.69, 9.17) is 4.74 Å². The van der Waals surface area contributed by atoms with E-state index in [9.17, 15) is 23.4 Å². The maximum absolute atomic E-state index is 13.6. The molecule has 0 aliphatic heterocycles. The van der Waals surface area contributed by atoms with Crippen molar-refractivity contribution in [2.45, 2.75) is 56.6 Å². The number of carboxylic acids is 1. The van der Waals surface area contributed by atoms with E-state index in [2.05, 4.69) is 4.98 Å². The van der Waals surface area contributed by atoms with Crippen LogP contribution in [0.2, 0.25) is 0 Å². The van der Waals surface area contributed by atoms with Crippen LogP contribution < -0.4 is 9.04 Å². The molecule has 0 unspecified atom stereocenters. The number of benzene rings is 2. The van der Waals surface area contributed by atoms with Crippen LogP contribution in [0.4, 0.5) is 5.69 Å². The molecule has 8 nitrogen and oxygen atoms in total. The van der Waals surface area contributed by atoms with Gasteiger partial charge in [0.15, 0.2) is 0 Å². The molecule has 186 valence electrons. The number of fused-ring (bicyclic) bond motifs is 1. The number of aryl methyl sites for hydroxylation is 3. The fourth-order valence-electron chi connectivity index (χ4n) is 4.13. The number of carboxylic acid groups (broad SMARTS) is 1. The standard InChI is InChI=1S/C25H28N2O6S2/c1-16-11-19(23(28)29)7-8-20(16)14-33-22-13-18-6-4-5-17(18)12-21(22)27(15-25(2,3)30)35(31,32)24-26-9-10-34-24/h7-13,30H,4-6,14-15H2,1-3H3,(H,28,29). The van der Waals surface area contributed by atoms with E-state index in [0.717, 1.165) is 52.9 Å². The van der Waals surface area contributed by atoms with E-state index < -0.39 is 21.6 Å². The van der Waals surface area contributed by atoms with Crippen LogP contribution in [0, 0.1) is 6.92 Å². The topological polar surface area (TPSA) is 117 Å². The summed E-state index contributed by atoms with van der Waals surface area (Å²) in [6.07, 6.45) is 4.12. The summed E-state index contributed by atoms with van der Waals surface area (Å²) < 4.78 is 34.5. The van der Waals surface area contributed by atoms with Crippen molar-refractivity contribution < 1.29 is 28.2 Å². The van der Waals surface area contributed by atoms with Crippen molar-refractivity contribution in [3.8, 4) is 5.75 Å². The molecule has 10 heteroatoms. The van der Waals surface area contributed by atoms with Crippen molar-refractivity contribution in [1.82, 2.24) is 4.98 Å². The molecule has 0 fully saturated rings. The summed E-state index contributed by atoms with van der Waals surface area (Å²) in [6.45, 7) is 4.86. The lowest BCUT2D eigenvalue weighted by molar-refractivity contribution is 0.0696. The van der Waals surface area contributed by atoms with Crippen LogP contribution in [-0.4, -0.2) is 41.7 Å². The van der Waals surface area contributed by atoms with Crippen LogP contribution in [-0.2, 0) is 29.5 Å². The van der Waals surface area contributed by atoms with Gasteiger partial charge in [-0.05, 0) is 86.6 Å². The molecular weight excluding hydrogens is 488 g/mol. The van der Waals surface area contributed by atoms with Gasteiger partial charge in [-0.25, -0.2) is 9.78 Å². The van der Waals surface area contributed by atoms with Crippen molar-refractivity contribution in [1.29, 1.82) is 0 Å². The highest BCUT2D eigenvalue weighted by Gasteiger charge is 2.34. The number of aromatic nitrogens is 1. The van der Waals surface area contributed by atoms with E-state index in [1.165, 1.54) is 16.6 Å². The zero-order valence-corrected chi connectivity index (χ0v) is 21.4. The summed E-state index contributed by atoms with van der Waals surface area (Å²) in [5.41, 5.74) is 2.94. The Kier molecular flexibility index (Phi) is 6.90. The van der Waals surface area contributed by atoms with E-state index in [0.29, 0.717) is 11.4 Å². The molecule has 0 saturated heterocycles. The van der Waals surface area contributed by atoms with Gasteiger partial charge in [0.25, 0.3) is 10.0 Å². The zero-order chi connectivity index (χ0) is 25.4. The third-order valence-corrected chi connectivity index (χ3v) is 8.80. The molecule has 1 aliphatic carbocycles. The molecule has 2 N–H and O–H groups in total. The Morgan fingerprint density at radius 1 is 1.20 bits per heavy atom. The van der Waals surface area contributed by atoms with Gasteiger partial charge in [0.05, 0.1) is 23.4 Å².